The number of carbonyl (C=O) groups excluding carboxylic acids is 1. The minimum absolute atomic E-state index is 0. The molecule has 3 nitrogen and oxygen atoms in total. The van der Waals surface area contributed by atoms with Gasteiger partial charge in [0.2, 0.25) is 5.91 Å². The van der Waals surface area contributed by atoms with E-state index in [0.29, 0.717) is 0 Å². The van der Waals surface area contributed by atoms with E-state index in [0.717, 1.165) is 24.9 Å². The summed E-state index contributed by atoms with van der Waals surface area (Å²) < 4.78 is 0. The van der Waals surface area contributed by atoms with Gasteiger partial charge in [-0.1, -0.05) is 37.3 Å². The van der Waals surface area contributed by atoms with E-state index in [1.54, 1.807) is 0 Å². The molecule has 124 valence electrons. The summed E-state index contributed by atoms with van der Waals surface area (Å²) in [5.74, 6) is 0.162. The first-order valence-corrected chi connectivity index (χ1v) is 8.36. The lowest BCUT2D eigenvalue weighted by Crippen LogP contribution is -2.30. The van der Waals surface area contributed by atoms with Crippen molar-refractivity contribution >= 4 is 18.3 Å². The van der Waals surface area contributed by atoms with Crippen molar-refractivity contribution in [3.63, 3.8) is 0 Å². The van der Waals surface area contributed by atoms with Crippen LogP contribution in [0, 0.1) is 0 Å². The number of unbranched alkanes of at least 4 members (excludes halogenated alkanes) is 1. The molecule has 1 amide bonds. The predicted molar refractivity (Wildman–Crippen MR) is 94.6 cm³/mol. The summed E-state index contributed by atoms with van der Waals surface area (Å²) >= 11 is 0. The molecule has 1 aliphatic rings. The van der Waals surface area contributed by atoms with E-state index in [-0.39, 0.29) is 24.2 Å². The number of rotatable bonds is 8. The maximum absolute atomic E-state index is 12.3. The minimum atomic E-state index is -0.00946. The van der Waals surface area contributed by atoms with Crippen LogP contribution in [0.4, 0.5) is 0 Å². The fourth-order valence-electron chi connectivity index (χ4n) is 3.06. The molecule has 1 aromatic carbocycles. The van der Waals surface area contributed by atoms with Gasteiger partial charge in [0, 0.05) is 6.54 Å². The van der Waals surface area contributed by atoms with Gasteiger partial charge < -0.3 is 10.2 Å². The molecule has 1 aliphatic heterocycles. The first kappa shape index (κ1) is 19.0. The van der Waals surface area contributed by atoms with Crippen LogP contribution in [-0.2, 0) is 4.79 Å². The fourth-order valence-corrected chi connectivity index (χ4v) is 3.06. The molecule has 0 aromatic heterocycles. The van der Waals surface area contributed by atoms with Crippen molar-refractivity contribution in [1.29, 1.82) is 0 Å². The molecule has 1 aromatic rings. The molecule has 22 heavy (non-hydrogen) atoms. The number of carbonyl (C=O) groups is 1. The van der Waals surface area contributed by atoms with Crippen molar-refractivity contribution in [1.82, 2.24) is 10.2 Å². The molecular weight excluding hydrogens is 296 g/mol. The summed E-state index contributed by atoms with van der Waals surface area (Å²) in [5, 5.41) is 3.10. The van der Waals surface area contributed by atoms with Crippen LogP contribution in [0.2, 0.25) is 0 Å². The van der Waals surface area contributed by atoms with E-state index >= 15 is 0 Å². The third kappa shape index (κ3) is 5.98. The van der Waals surface area contributed by atoms with Crippen LogP contribution in [-0.4, -0.2) is 37.0 Å². The molecule has 0 bridgehead atoms. The van der Waals surface area contributed by atoms with Crippen molar-refractivity contribution in [2.75, 3.05) is 26.2 Å². The van der Waals surface area contributed by atoms with Gasteiger partial charge in [-0.25, -0.2) is 0 Å². The first-order valence-electron chi connectivity index (χ1n) is 8.36. The third-order valence-corrected chi connectivity index (χ3v) is 4.33. The van der Waals surface area contributed by atoms with Crippen molar-refractivity contribution in [2.45, 2.75) is 44.9 Å². The zero-order valence-corrected chi connectivity index (χ0v) is 14.4. The monoisotopic (exact) mass is 324 g/mol. The number of amides is 1. The molecule has 0 saturated carbocycles. The van der Waals surface area contributed by atoms with Crippen molar-refractivity contribution in [3.05, 3.63) is 35.9 Å². The van der Waals surface area contributed by atoms with Gasteiger partial charge in [0.15, 0.2) is 0 Å². The topological polar surface area (TPSA) is 32.3 Å². The molecule has 1 unspecified atom stereocenters. The van der Waals surface area contributed by atoms with Crippen molar-refractivity contribution in [3.8, 4) is 0 Å². The standard InChI is InChI=1S/C18H28N2O.ClH/c1-2-17(16-10-4-3-5-11-16)18(21)19-12-6-7-13-20-14-8-9-15-20;/h3-5,10-11,17H,2,6-9,12-15H2,1H3,(H,19,21);1H. The van der Waals surface area contributed by atoms with Gasteiger partial charge in [-0.05, 0) is 57.3 Å². The maximum atomic E-state index is 12.3. The van der Waals surface area contributed by atoms with Crippen LogP contribution in [0.5, 0.6) is 0 Å². The SMILES string of the molecule is CCC(C(=O)NCCCCN1CCCC1)c1ccccc1.Cl. The summed E-state index contributed by atoms with van der Waals surface area (Å²) in [4.78, 5) is 14.8. The minimum Gasteiger partial charge on any atom is -0.356 e. The highest BCUT2D eigenvalue weighted by Crippen LogP contribution is 2.19. The van der Waals surface area contributed by atoms with Crippen LogP contribution in [0.3, 0.4) is 0 Å². The van der Waals surface area contributed by atoms with Crippen LogP contribution < -0.4 is 5.32 Å². The average Bonchev–Trinajstić information content (AvgIpc) is 3.02. The van der Waals surface area contributed by atoms with Crippen LogP contribution >= 0.6 is 12.4 Å². The van der Waals surface area contributed by atoms with E-state index < -0.39 is 0 Å². The maximum Gasteiger partial charge on any atom is 0.227 e. The van der Waals surface area contributed by atoms with Gasteiger partial charge in [0.25, 0.3) is 0 Å². The molecule has 0 spiro atoms. The number of nitrogens with zero attached hydrogens (tertiary/aromatic N) is 1. The number of likely N-dealkylation sites (tertiary alicyclic amines) is 1. The highest BCUT2D eigenvalue weighted by atomic mass is 35.5. The normalized spacial score (nSPS) is 16.0. The summed E-state index contributed by atoms with van der Waals surface area (Å²) in [5.41, 5.74) is 1.12. The zero-order valence-electron chi connectivity index (χ0n) is 13.6. The van der Waals surface area contributed by atoms with Gasteiger partial charge in [0.05, 0.1) is 5.92 Å². The Morgan fingerprint density at radius 1 is 1.18 bits per heavy atom. The van der Waals surface area contributed by atoms with Gasteiger partial charge in [-0.2, -0.15) is 0 Å². The number of hydrogen-bond acceptors (Lipinski definition) is 2. The lowest BCUT2D eigenvalue weighted by atomic mass is 9.95. The van der Waals surface area contributed by atoms with E-state index in [1.807, 2.05) is 30.3 Å². The number of hydrogen-bond donors (Lipinski definition) is 1. The van der Waals surface area contributed by atoms with Gasteiger partial charge in [-0.3, -0.25) is 4.79 Å². The molecular formula is C18H29ClN2O. The van der Waals surface area contributed by atoms with E-state index in [4.69, 9.17) is 0 Å². The molecule has 1 heterocycles. The average molecular weight is 325 g/mol. The summed E-state index contributed by atoms with van der Waals surface area (Å²) in [6, 6.07) is 10.1. The Kier molecular flexibility index (Phi) is 9.17. The van der Waals surface area contributed by atoms with Crippen LogP contribution in [0.25, 0.3) is 0 Å². The highest BCUT2D eigenvalue weighted by Gasteiger charge is 2.17. The molecule has 0 radical (unpaired) electrons. The summed E-state index contributed by atoms with van der Waals surface area (Å²) in [6.45, 7) is 6.59. The Hall–Kier alpha value is -1.06. The number of nitrogens with one attached hydrogen (secondary N) is 1. The Balaban J connectivity index is 0.00000242. The van der Waals surface area contributed by atoms with E-state index in [9.17, 15) is 4.79 Å². The van der Waals surface area contributed by atoms with Crippen molar-refractivity contribution in [2.24, 2.45) is 0 Å². The van der Waals surface area contributed by atoms with E-state index in [1.165, 1.54) is 38.9 Å². The molecule has 0 aliphatic carbocycles. The van der Waals surface area contributed by atoms with Gasteiger partial charge >= 0.3 is 0 Å². The Bertz CT molecular complexity index is 418. The quantitative estimate of drug-likeness (QED) is 0.741. The molecule has 1 N–H and O–H groups in total. The first-order chi connectivity index (χ1) is 10.3. The molecule has 2 rings (SSSR count). The van der Waals surface area contributed by atoms with E-state index in [2.05, 4.69) is 17.1 Å². The van der Waals surface area contributed by atoms with Crippen LogP contribution in [0.15, 0.2) is 30.3 Å². The second-order valence-electron chi connectivity index (χ2n) is 5.92. The summed E-state index contributed by atoms with van der Waals surface area (Å²) in [6.07, 6.45) is 5.82. The Morgan fingerprint density at radius 2 is 1.86 bits per heavy atom. The van der Waals surface area contributed by atoms with Gasteiger partial charge in [-0.15, -0.1) is 12.4 Å². The second kappa shape index (κ2) is 10.6. The second-order valence-corrected chi connectivity index (χ2v) is 5.92. The lowest BCUT2D eigenvalue weighted by molar-refractivity contribution is -0.122. The van der Waals surface area contributed by atoms with Crippen molar-refractivity contribution < 1.29 is 4.79 Å². The number of halogens is 1. The van der Waals surface area contributed by atoms with Gasteiger partial charge in [0.1, 0.15) is 0 Å². The highest BCUT2D eigenvalue weighted by molar-refractivity contribution is 5.85. The molecule has 1 saturated heterocycles. The summed E-state index contributed by atoms with van der Waals surface area (Å²) in [7, 11) is 0. The number of benzene rings is 1. The third-order valence-electron chi connectivity index (χ3n) is 4.33. The predicted octanol–water partition coefficient (Wildman–Crippen LogP) is 3.59. The Labute approximate surface area is 140 Å². The molecule has 1 fully saturated rings. The molecule has 1 atom stereocenters. The fraction of sp³-hybridized carbons (Fsp3) is 0.611. The zero-order chi connectivity index (χ0) is 14.9. The van der Waals surface area contributed by atoms with Crippen LogP contribution in [0.1, 0.15) is 50.5 Å². The Morgan fingerprint density at radius 3 is 2.50 bits per heavy atom. The smallest absolute Gasteiger partial charge is 0.227 e. The largest absolute Gasteiger partial charge is 0.356 e. The molecule has 4 heteroatoms. The lowest BCUT2D eigenvalue weighted by Gasteiger charge is -2.16.